The van der Waals surface area contributed by atoms with E-state index in [2.05, 4.69) is 0 Å². The molecule has 0 amide bonds. The number of fused-ring (bicyclic) bond motifs is 1. The van der Waals surface area contributed by atoms with Crippen LogP contribution in [0.3, 0.4) is 0 Å². The van der Waals surface area contributed by atoms with Crippen molar-refractivity contribution in [2.24, 2.45) is 5.92 Å². The molecular weight excluding hydrogens is 220 g/mol. The number of esters is 2. The summed E-state index contributed by atoms with van der Waals surface area (Å²) in [6.07, 6.45) is 0.530. The Morgan fingerprint density at radius 1 is 1.12 bits per heavy atom. The fourth-order valence-corrected chi connectivity index (χ4v) is 2.38. The lowest BCUT2D eigenvalue weighted by Gasteiger charge is -2.15. The first-order chi connectivity index (χ1) is 8.19. The number of methoxy groups -OCH3 is 2. The molecule has 0 saturated heterocycles. The Labute approximate surface area is 99.5 Å². The van der Waals surface area contributed by atoms with Crippen molar-refractivity contribution >= 4 is 11.9 Å². The Morgan fingerprint density at radius 3 is 2.41 bits per heavy atom. The molecule has 0 bridgehead atoms. The molecule has 90 valence electrons. The van der Waals surface area contributed by atoms with E-state index in [4.69, 9.17) is 9.47 Å². The minimum absolute atomic E-state index is 0.364. The van der Waals surface area contributed by atoms with Crippen molar-refractivity contribution < 1.29 is 19.1 Å². The van der Waals surface area contributed by atoms with Crippen molar-refractivity contribution in [2.45, 2.75) is 12.3 Å². The highest BCUT2D eigenvalue weighted by molar-refractivity contribution is 5.88. The van der Waals surface area contributed by atoms with Crippen LogP contribution < -0.4 is 0 Å². The van der Waals surface area contributed by atoms with Gasteiger partial charge in [-0.1, -0.05) is 24.3 Å². The molecule has 0 spiro atoms. The summed E-state index contributed by atoms with van der Waals surface area (Å²) in [4.78, 5) is 23.5. The lowest BCUT2D eigenvalue weighted by molar-refractivity contribution is -0.153. The van der Waals surface area contributed by atoms with Crippen LogP contribution in [-0.4, -0.2) is 26.2 Å². The van der Waals surface area contributed by atoms with Crippen LogP contribution in [0.4, 0.5) is 0 Å². The van der Waals surface area contributed by atoms with Gasteiger partial charge >= 0.3 is 11.9 Å². The van der Waals surface area contributed by atoms with Crippen molar-refractivity contribution in [3.05, 3.63) is 35.4 Å². The summed E-state index contributed by atoms with van der Waals surface area (Å²) in [7, 11) is 2.66. The van der Waals surface area contributed by atoms with Gasteiger partial charge in [0.05, 0.1) is 26.1 Å². The van der Waals surface area contributed by atoms with Crippen LogP contribution in [0.1, 0.15) is 17.0 Å². The smallest absolute Gasteiger partial charge is 0.314 e. The Morgan fingerprint density at radius 2 is 1.76 bits per heavy atom. The second-order valence-electron chi connectivity index (χ2n) is 4.03. The van der Waals surface area contributed by atoms with Gasteiger partial charge in [-0.3, -0.25) is 9.59 Å². The zero-order valence-corrected chi connectivity index (χ0v) is 9.80. The molecule has 2 rings (SSSR count). The van der Waals surface area contributed by atoms with Crippen LogP contribution in [0, 0.1) is 5.92 Å². The van der Waals surface area contributed by atoms with E-state index in [9.17, 15) is 9.59 Å². The largest absolute Gasteiger partial charge is 0.469 e. The van der Waals surface area contributed by atoms with Gasteiger partial charge in [0.15, 0.2) is 0 Å². The molecule has 1 aromatic rings. The van der Waals surface area contributed by atoms with E-state index in [1.54, 1.807) is 0 Å². The number of carbonyl (C=O) groups excluding carboxylic acids is 2. The lowest BCUT2D eigenvalue weighted by Crippen LogP contribution is -2.26. The fraction of sp³-hybridized carbons (Fsp3) is 0.385. The van der Waals surface area contributed by atoms with Gasteiger partial charge in [-0.2, -0.15) is 0 Å². The predicted octanol–water partition coefficient (Wildman–Crippen LogP) is 1.29. The standard InChI is InChI=1S/C13H14O4/c1-16-12(14)10-7-8-5-3-4-6-9(8)11(10)13(15)17-2/h3-6,10-11H,7H2,1-2H3. The average molecular weight is 234 g/mol. The first-order valence-electron chi connectivity index (χ1n) is 5.42. The van der Waals surface area contributed by atoms with Gasteiger partial charge < -0.3 is 9.47 Å². The minimum Gasteiger partial charge on any atom is -0.469 e. The van der Waals surface area contributed by atoms with Gasteiger partial charge in [-0.05, 0) is 17.5 Å². The van der Waals surface area contributed by atoms with E-state index < -0.39 is 11.8 Å². The Balaban J connectivity index is 2.40. The van der Waals surface area contributed by atoms with Gasteiger partial charge in [0.1, 0.15) is 0 Å². The summed E-state index contributed by atoms with van der Waals surface area (Å²) in [5, 5.41) is 0. The zero-order chi connectivity index (χ0) is 12.4. The molecule has 4 heteroatoms. The first-order valence-corrected chi connectivity index (χ1v) is 5.42. The summed E-state index contributed by atoms with van der Waals surface area (Å²) in [6, 6.07) is 7.54. The van der Waals surface area contributed by atoms with Gasteiger partial charge in [0.25, 0.3) is 0 Å². The van der Waals surface area contributed by atoms with Crippen LogP contribution in [0.2, 0.25) is 0 Å². The van der Waals surface area contributed by atoms with E-state index in [0.29, 0.717) is 6.42 Å². The zero-order valence-electron chi connectivity index (χ0n) is 9.80. The SMILES string of the molecule is COC(=O)C1Cc2ccccc2C1C(=O)OC. The molecule has 0 radical (unpaired) electrons. The van der Waals surface area contributed by atoms with Crippen molar-refractivity contribution in [1.29, 1.82) is 0 Å². The molecule has 0 aromatic heterocycles. The topological polar surface area (TPSA) is 52.6 Å². The molecule has 2 unspecified atom stereocenters. The molecule has 0 aliphatic heterocycles. The highest BCUT2D eigenvalue weighted by Gasteiger charge is 2.42. The third kappa shape index (κ3) is 1.90. The Kier molecular flexibility index (Phi) is 3.13. The van der Waals surface area contributed by atoms with E-state index in [-0.39, 0.29) is 11.9 Å². The Hall–Kier alpha value is -1.84. The van der Waals surface area contributed by atoms with Gasteiger partial charge in [0, 0.05) is 0 Å². The lowest BCUT2D eigenvalue weighted by atomic mass is 9.93. The average Bonchev–Trinajstić information content (AvgIpc) is 2.76. The summed E-state index contributed by atoms with van der Waals surface area (Å²) < 4.78 is 9.51. The Bertz CT molecular complexity index is 452. The van der Waals surface area contributed by atoms with E-state index in [1.165, 1.54) is 14.2 Å². The molecule has 0 heterocycles. The third-order valence-corrected chi connectivity index (χ3v) is 3.19. The van der Waals surface area contributed by atoms with E-state index in [1.807, 2.05) is 24.3 Å². The normalized spacial score (nSPS) is 21.8. The monoisotopic (exact) mass is 234 g/mol. The summed E-state index contributed by atoms with van der Waals surface area (Å²) in [5.74, 6) is -1.75. The highest BCUT2D eigenvalue weighted by atomic mass is 16.5. The maximum atomic E-state index is 11.8. The van der Waals surface area contributed by atoms with Crippen LogP contribution in [0.5, 0.6) is 0 Å². The second-order valence-corrected chi connectivity index (χ2v) is 4.03. The van der Waals surface area contributed by atoms with E-state index in [0.717, 1.165) is 11.1 Å². The van der Waals surface area contributed by atoms with Crippen LogP contribution in [0.25, 0.3) is 0 Å². The number of carbonyl (C=O) groups is 2. The molecule has 0 saturated carbocycles. The molecule has 0 fully saturated rings. The second kappa shape index (κ2) is 4.57. The molecule has 2 atom stereocenters. The number of ether oxygens (including phenoxy) is 2. The quantitative estimate of drug-likeness (QED) is 0.723. The minimum atomic E-state index is -0.538. The van der Waals surface area contributed by atoms with Gasteiger partial charge in [-0.25, -0.2) is 0 Å². The predicted molar refractivity (Wildman–Crippen MR) is 60.4 cm³/mol. The fourth-order valence-electron chi connectivity index (χ4n) is 2.38. The summed E-state index contributed by atoms with van der Waals surface area (Å²) in [6.45, 7) is 0. The van der Waals surface area contributed by atoms with Crippen LogP contribution in [-0.2, 0) is 25.5 Å². The number of hydrogen-bond donors (Lipinski definition) is 0. The van der Waals surface area contributed by atoms with Crippen molar-refractivity contribution in [1.82, 2.24) is 0 Å². The molecule has 17 heavy (non-hydrogen) atoms. The van der Waals surface area contributed by atoms with Crippen LogP contribution in [0.15, 0.2) is 24.3 Å². The maximum Gasteiger partial charge on any atom is 0.314 e. The van der Waals surface area contributed by atoms with Crippen LogP contribution >= 0.6 is 0 Å². The third-order valence-electron chi connectivity index (χ3n) is 3.19. The van der Waals surface area contributed by atoms with Crippen molar-refractivity contribution in [2.75, 3.05) is 14.2 Å². The molecule has 1 aliphatic carbocycles. The molecule has 0 N–H and O–H groups in total. The summed E-state index contributed by atoms with van der Waals surface area (Å²) >= 11 is 0. The molecular formula is C13H14O4. The number of hydrogen-bond acceptors (Lipinski definition) is 4. The molecule has 1 aromatic carbocycles. The number of benzene rings is 1. The van der Waals surface area contributed by atoms with Gasteiger partial charge in [-0.15, -0.1) is 0 Å². The highest BCUT2D eigenvalue weighted by Crippen LogP contribution is 2.39. The van der Waals surface area contributed by atoms with Crippen molar-refractivity contribution in [3.63, 3.8) is 0 Å². The number of rotatable bonds is 2. The molecule has 1 aliphatic rings. The van der Waals surface area contributed by atoms with E-state index >= 15 is 0 Å². The molecule has 4 nitrogen and oxygen atoms in total. The summed E-state index contributed by atoms with van der Waals surface area (Å²) in [5.41, 5.74) is 1.88. The van der Waals surface area contributed by atoms with Gasteiger partial charge in [0.2, 0.25) is 0 Å². The maximum absolute atomic E-state index is 11.8. The van der Waals surface area contributed by atoms with Crippen molar-refractivity contribution in [3.8, 4) is 0 Å². The first kappa shape index (κ1) is 11.6.